The lowest BCUT2D eigenvalue weighted by molar-refractivity contribution is 0.0997. The van der Waals surface area contributed by atoms with E-state index in [9.17, 15) is 4.79 Å². The van der Waals surface area contributed by atoms with Crippen LogP contribution in [0.4, 0.5) is 5.69 Å². The average molecular weight is 273 g/mol. The van der Waals surface area contributed by atoms with Gasteiger partial charge in [-0.1, -0.05) is 12.1 Å². The Balaban J connectivity index is 2.30. The summed E-state index contributed by atoms with van der Waals surface area (Å²) in [6.07, 6.45) is 1.40. The van der Waals surface area contributed by atoms with Gasteiger partial charge in [-0.25, -0.2) is 4.98 Å². The van der Waals surface area contributed by atoms with Gasteiger partial charge in [0.2, 0.25) is 5.88 Å². The molecule has 0 saturated carbocycles. The predicted octanol–water partition coefficient (Wildman–Crippen LogP) is 1.70. The molecule has 1 heterocycles. The second kappa shape index (κ2) is 6.03. The van der Waals surface area contributed by atoms with Gasteiger partial charge in [-0.2, -0.15) is 0 Å². The van der Waals surface area contributed by atoms with Crippen molar-refractivity contribution < 1.29 is 14.3 Å². The number of aromatic nitrogens is 1. The number of carbonyl (C=O) groups is 1. The van der Waals surface area contributed by atoms with Crippen LogP contribution in [0.25, 0.3) is 0 Å². The number of amides is 1. The first kappa shape index (κ1) is 13.8. The summed E-state index contributed by atoms with van der Waals surface area (Å²) in [6.45, 7) is 0.467. The fourth-order valence-corrected chi connectivity index (χ4v) is 1.70. The topological polar surface area (TPSA) is 100 Å². The summed E-state index contributed by atoms with van der Waals surface area (Å²) in [7, 11) is 1.61. The number of primary amides is 1. The quantitative estimate of drug-likeness (QED) is 0.863. The number of anilines is 1. The molecule has 4 N–H and O–H groups in total. The van der Waals surface area contributed by atoms with E-state index in [1.165, 1.54) is 12.3 Å². The molecule has 0 aliphatic carbocycles. The molecule has 0 spiro atoms. The summed E-state index contributed by atoms with van der Waals surface area (Å²) in [5, 5.41) is 0. The summed E-state index contributed by atoms with van der Waals surface area (Å²) < 4.78 is 10.6. The molecule has 1 aromatic carbocycles. The lowest BCUT2D eigenvalue weighted by Crippen LogP contribution is -2.13. The lowest BCUT2D eigenvalue weighted by atomic mass is 10.2. The molecule has 1 amide bonds. The Morgan fingerprint density at radius 2 is 2.15 bits per heavy atom. The van der Waals surface area contributed by atoms with Crippen LogP contribution >= 0.6 is 0 Å². The van der Waals surface area contributed by atoms with Crippen LogP contribution in [-0.4, -0.2) is 18.0 Å². The molecule has 0 aliphatic heterocycles. The smallest absolute Gasteiger partial charge is 0.254 e. The minimum absolute atomic E-state index is 0.126. The molecule has 104 valence electrons. The summed E-state index contributed by atoms with van der Waals surface area (Å²) in [4.78, 5) is 15.4. The van der Waals surface area contributed by atoms with Crippen LogP contribution < -0.4 is 16.2 Å². The number of nitrogen functional groups attached to an aromatic ring is 1. The molecule has 0 atom stereocenters. The third-order valence-corrected chi connectivity index (χ3v) is 2.56. The van der Waals surface area contributed by atoms with Crippen LogP contribution in [-0.2, 0) is 11.3 Å². The van der Waals surface area contributed by atoms with Crippen LogP contribution in [0.2, 0.25) is 0 Å². The second-order valence-electron chi connectivity index (χ2n) is 4.17. The number of ether oxygens (including phenoxy) is 2. The molecule has 20 heavy (non-hydrogen) atoms. The molecule has 6 heteroatoms. The highest BCUT2D eigenvalue weighted by Gasteiger charge is 2.12. The monoisotopic (exact) mass is 273 g/mol. The minimum Gasteiger partial charge on any atom is -0.438 e. The maximum Gasteiger partial charge on any atom is 0.254 e. The van der Waals surface area contributed by atoms with Gasteiger partial charge in [0, 0.05) is 7.11 Å². The van der Waals surface area contributed by atoms with Crippen molar-refractivity contribution in [3.05, 3.63) is 47.7 Å². The third kappa shape index (κ3) is 3.24. The highest BCUT2D eigenvalue weighted by Crippen LogP contribution is 2.25. The summed E-state index contributed by atoms with van der Waals surface area (Å²) in [5.74, 6) is 0.0217. The first-order valence-electron chi connectivity index (χ1n) is 5.91. The standard InChI is InChI=1S/C14H15N3O3/c1-19-8-9-3-2-4-11(5-9)20-14-12(13(16)18)6-10(15)7-17-14/h2-7H,8,15H2,1H3,(H2,16,18). The molecule has 0 aliphatic rings. The number of carbonyl (C=O) groups excluding carboxylic acids is 1. The largest absolute Gasteiger partial charge is 0.438 e. The van der Waals surface area contributed by atoms with Crippen LogP contribution in [0.3, 0.4) is 0 Å². The van der Waals surface area contributed by atoms with Crippen molar-refractivity contribution in [3.8, 4) is 11.6 Å². The molecule has 0 unspecified atom stereocenters. The minimum atomic E-state index is -0.646. The molecule has 2 rings (SSSR count). The van der Waals surface area contributed by atoms with Crippen LogP contribution in [0.1, 0.15) is 15.9 Å². The zero-order chi connectivity index (χ0) is 14.5. The number of nitrogens with zero attached hydrogens (tertiary/aromatic N) is 1. The van der Waals surface area contributed by atoms with Crippen molar-refractivity contribution in [2.75, 3.05) is 12.8 Å². The summed E-state index contributed by atoms with van der Waals surface area (Å²) in [5.41, 5.74) is 12.3. The first-order valence-corrected chi connectivity index (χ1v) is 5.91. The first-order chi connectivity index (χ1) is 9.60. The van der Waals surface area contributed by atoms with Gasteiger partial charge in [0.25, 0.3) is 5.91 Å². The number of hydrogen-bond donors (Lipinski definition) is 2. The number of hydrogen-bond acceptors (Lipinski definition) is 5. The van der Waals surface area contributed by atoms with E-state index in [1.807, 2.05) is 12.1 Å². The Morgan fingerprint density at radius 1 is 1.35 bits per heavy atom. The second-order valence-corrected chi connectivity index (χ2v) is 4.17. The Hall–Kier alpha value is -2.60. The van der Waals surface area contributed by atoms with E-state index in [0.29, 0.717) is 18.0 Å². The molecule has 0 fully saturated rings. The maximum absolute atomic E-state index is 11.4. The Labute approximate surface area is 116 Å². The number of rotatable bonds is 5. The fraction of sp³-hybridized carbons (Fsp3) is 0.143. The average Bonchev–Trinajstić information content (AvgIpc) is 2.41. The highest BCUT2D eigenvalue weighted by atomic mass is 16.5. The van der Waals surface area contributed by atoms with Crippen molar-refractivity contribution in [3.63, 3.8) is 0 Å². The summed E-state index contributed by atoms with van der Waals surface area (Å²) >= 11 is 0. The van der Waals surface area contributed by atoms with E-state index in [2.05, 4.69) is 4.98 Å². The van der Waals surface area contributed by atoms with E-state index >= 15 is 0 Å². The van der Waals surface area contributed by atoms with E-state index < -0.39 is 5.91 Å². The molecular formula is C14H15N3O3. The van der Waals surface area contributed by atoms with Crippen LogP contribution in [0.15, 0.2) is 36.5 Å². The number of methoxy groups -OCH3 is 1. The van der Waals surface area contributed by atoms with Gasteiger partial charge in [-0.15, -0.1) is 0 Å². The van der Waals surface area contributed by atoms with Crippen molar-refractivity contribution in [1.82, 2.24) is 4.98 Å². The van der Waals surface area contributed by atoms with Gasteiger partial charge in [0.1, 0.15) is 11.3 Å². The van der Waals surface area contributed by atoms with Crippen molar-refractivity contribution >= 4 is 11.6 Å². The van der Waals surface area contributed by atoms with E-state index in [-0.39, 0.29) is 11.4 Å². The number of pyridine rings is 1. The molecule has 0 saturated heterocycles. The number of nitrogens with two attached hydrogens (primary N) is 2. The molecule has 0 bridgehead atoms. The van der Waals surface area contributed by atoms with Gasteiger partial charge in [0.05, 0.1) is 18.5 Å². The Bertz CT molecular complexity index is 629. The molecular weight excluding hydrogens is 258 g/mol. The van der Waals surface area contributed by atoms with Gasteiger partial charge in [-0.3, -0.25) is 4.79 Å². The van der Waals surface area contributed by atoms with Gasteiger partial charge >= 0.3 is 0 Å². The molecule has 0 radical (unpaired) electrons. The molecule has 6 nitrogen and oxygen atoms in total. The zero-order valence-corrected chi connectivity index (χ0v) is 11.0. The fourth-order valence-electron chi connectivity index (χ4n) is 1.70. The zero-order valence-electron chi connectivity index (χ0n) is 11.0. The van der Waals surface area contributed by atoms with Gasteiger partial charge in [0.15, 0.2) is 0 Å². The predicted molar refractivity (Wildman–Crippen MR) is 74.4 cm³/mol. The molecule has 2 aromatic rings. The Morgan fingerprint density at radius 3 is 2.85 bits per heavy atom. The lowest BCUT2D eigenvalue weighted by Gasteiger charge is -2.09. The van der Waals surface area contributed by atoms with E-state index in [0.717, 1.165) is 5.56 Å². The van der Waals surface area contributed by atoms with Crippen molar-refractivity contribution in [1.29, 1.82) is 0 Å². The normalized spacial score (nSPS) is 10.2. The van der Waals surface area contributed by atoms with Crippen LogP contribution in [0.5, 0.6) is 11.6 Å². The molecule has 1 aromatic heterocycles. The van der Waals surface area contributed by atoms with Gasteiger partial charge < -0.3 is 20.9 Å². The van der Waals surface area contributed by atoms with E-state index in [4.69, 9.17) is 20.9 Å². The van der Waals surface area contributed by atoms with Crippen molar-refractivity contribution in [2.45, 2.75) is 6.61 Å². The highest BCUT2D eigenvalue weighted by molar-refractivity contribution is 5.95. The van der Waals surface area contributed by atoms with E-state index in [1.54, 1.807) is 19.2 Å². The van der Waals surface area contributed by atoms with Gasteiger partial charge in [-0.05, 0) is 23.8 Å². The SMILES string of the molecule is COCc1cccc(Oc2ncc(N)cc2C(N)=O)c1. The van der Waals surface area contributed by atoms with Crippen LogP contribution in [0, 0.1) is 0 Å². The maximum atomic E-state index is 11.4. The van der Waals surface area contributed by atoms with Crippen molar-refractivity contribution in [2.24, 2.45) is 5.73 Å². The third-order valence-electron chi connectivity index (χ3n) is 2.56. The number of benzene rings is 1. The summed E-state index contributed by atoms with van der Waals surface area (Å²) in [6, 6.07) is 8.71. The Kier molecular flexibility index (Phi) is 4.17.